The van der Waals surface area contributed by atoms with Gasteiger partial charge < -0.3 is 11.1 Å². The Morgan fingerprint density at radius 1 is 1.32 bits per heavy atom. The predicted molar refractivity (Wildman–Crippen MR) is 78.6 cm³/mol. The first-order valence-electron chi connectivity index (χ1n) is 6.78. The largest absolute Gasteiger partial charge is 0.368 e. The normalized spacial score (nSPS) is 13.6. The zero-order valence-corrected chi connectivity index (χ0v) is 11.7. The molecule has 5 heteroatoms. The third kappa shape index (κ3) is 3.24. The molecular weight excluding hydrogens is 238 g/mol. The van der Waals surface area contributed by atoms with Crippen molar-refractivity contribution >= 4 is 17.6 Å². The Hall–Kier alpha value is -2.04. The van der Waals surface area contributed by atoms with Crippen molar-refractivity contribution in [1.82, 2.24) is 15.2 Å². The van der Waals surface area contributed by atoms with Crippen molar-refractivity contribution < 1.29 is 0 Å². The number of rotatable bonds is 3. The molecular formula is C14H21N5. The Labute approximate surface area is 113 Å². The summed E-state index contributed by atoms with van der Waals surface area (Å²) >= 11 is 0. The van der Waals surface area contributed by atoms with Gasteiger partial charge in [-0.2, -0.15) is 4.98 Å². The molecule has 102 valence electrons. The fourth-order valence-electron chi connectivity index (χ4n) is 2.07. The molecule has 1 fully saturated rings. The van der Waals surface area contributed by atoms with Gasteiger partial charge in [0.1, 0.15) is 0 Å². The van der Waals surface area contributed by atoms with Crippen molar-refractivity contribution in [2.45, 2.75) is 39.5 Å². The highest BCUT2D eigenvalue weighted by Crippen LogP contribution is 2.42. The van der Waals surface area contributed by atoms with Crippen molar-refractivity contribution in [1.29, 1.82) is 0 Å². The molecule has 0 bridgehead atoms. The summed E-state index contributed by atoms with van der Waals surface area (Å²) in [5.41, 5.74) is 9.24. The number of nitrogen functional groups attached to an aromatic ring is 1. The predicted octanol–water partition coefficient (Wildman–Crippen LogP) is 3.34. The van der Waals surface area contributed by atoms with E-state index in [0.717, 1.165) is 11.6 Å². The molecule has 1 aromatic heterocycles. The Bertz CT molecular complexity index is 543. The molecule has 0 radical (unpaired) electrons. The van der Waals surface area contributed by atoms with Crippen LogP contribution < -0.4 is 11.1 Å². The monoisotopic (exact) mass is 259 g/mol. The maximum absolute atomic E-state index is 5.47. The van der Waals surface area contributed by atoms with Crippen LogP contribution in [0.3, 0.4) is 0 Å². The molecule has 0 aliphatic heterocycles. The highest BCUT2D eigenvalue weighted by atomic mass is 15.3. The van der Waals surface area contributed by atoms with E-state index in [-0.39, 0.29) is 0 Å². The molecule has 0 spiro atoms. The highest BCUT2D eigenvalue weighted by molar-refractivity contribution is 5.56. The first-order chi connectivity index (χ1) is 9.22. The molecule has 4 N–H and O–H groups in total. The van der Waals surface area contributed by atoms with Gasteiger partial charge in [0.25, 0.3) is 0 Å². The summed E-state index contributed by atoms with van der Waals surface area (Å²) in [5.74, 6) is 1.60. The fourth-order valence-corrected chi connectivity index (χ4v) is 2.07. The molecule has 19 heavy (non-hydrogen) atoms. The standard InChI is InChI=1S/C12H15N5.C2H6/c1-7-6-9(4-5-10(7)8-2-3-8)14-12-15-11(13)16-17-12;1-2/h4-6,8H,2-3H2,1H3,(H4,13,14,15,16,17);1-2H3. The van der Waals surface area contributed by atoms with E-state index < -0.39 is 0 Å². The summed E-state index contributed by atoms with van der Waals surface area (Å²) in [6.07, 6.45) is 2.65. The van der Waals surface area contributed by atoms with Crippen LogP contribution in [0, 0.1) is 6.92 Å². The van der Waals surface area contributed by atoms with Crippen LogP contribution in [0.25, 0.3) is 0 Å². The third-order valence-corrected chi connectivity index (χ3v) is 3.05. The lowest BCUT2D eigenvalue weighted by molar-refractivity contribution is 1.09. The van der Waals surface area contributed by atoms with E-state index in [4.69, 9.17) is 5.73 Å². The molecule has 0 unspecified atom stereocenters. The van der Waals surface area contributed by atoms with Gasteiger partial charge in [0, 0.05) is 5.69 Å². The van der Waals surface area contributed by atoms with E-state index in [0.29, 0.717) is 11.9 Å². The second kappa shape index (κ2) is 5.73. The Morgan fingerprint density at radius 2 is 2.05 bits per heavy atom. The lowest BCUT2D eigenvalue weighted by Crippen LogP contribution is -1.95. The summed E-state index contributed by atoms with van der Waals surface area (Å²) in [6.45, 7) is 6.14. The van der Waals surface area contributed by atoms with Crippen LogP contribution in [0.4, 0.5) is 17.6 Å². The quantitative estimate of drug-likeness (QED) is 0.789. The van der Waals surface area contributed by atoms with Crippen LogP contribution in [0.5, 0.6) is 0 Å². The number of anilines is 3. The van der Waals surface area contributed by atoms with Gasteiger partial charge in [-0.1, -0.05) is 19.9 Å². The average Bonchev–Trinajstić information content (AvgIpc) is 3.16. The zero-order chi connectivity index (χ0) is 13.8. The molecule has 2 aromatic rings. The summed E-state index contributed by atoms with van der Waals surface area (Å²) < 4.78 is 0. The van der Waals surface area contributed by atoms with Crippen molar-refractivity contribution in [3.8, 4) is 0 Å². The maximum atomic E-state index is 5.47. The molecule has 1 saturated carbocycles. The maximum Gasteiger partial charge on any atom is 0.248 e. The molecule has 1 heterocycles. The van der Waals surface area contributed by atoms with Gasteiger partial charge in [0.05, 0.1) is 0 Å². The molecule has 1 aliphatic rings. The molecule has 0 saturated heterocycles. The number of aromatic nitrogens is 3. The van der Waals surface area contributed by atoms with E-state index in [1.165, 1.54) is 24.0 Å². The summed E-state index contributed by atoms with van der Waals surface area (Å²) in [7, 11) is 0. The molecule has 1 aliphatic carbocycles. The third-order valence-electron chi connectivity index (χ3n) is 3.05. The number of nitrogens with zero attached hydrogens (tertiary/aromatic N) is 2. The number of H-pyrrole nitrogens is 1. The fraction of sp³-hybridized carbons (Fsp3) is 0.429. The zero-order valence-electron chi connectivity index (χ0n) is 11.7. The second-order valence-corrected chi connectivity index (χ2v) is 4.51. The number of nitrogens with one attached hydrogen (secondary N) is 2. The number of nitrogens with two attached hydrogens (primary N) is 1. The van der Waals surface area contributed by atoms with E-state index in [1.54, 1.807) is 0 Å². The molecule has 3 rings (SSSR count). The Kier molecular flexibility index (Phi) is 4.04. The first-order valence-corrected chi connectivity index (χ1v) is 6.78. The van der Waals surface area contributed by atoms with Gasteiger partial charge in [0.15, 0.2) is 0 Å². The topological polar surface area (TPSA) is 79.6 Å². The lowest BCUT2D eigenvalue weighted by Gasteiger charge is -2.07. The number of hydrogen-bond acceptors (Lipinski definition) is 4. The average molecular weight is 259 g/mol. The van der Waals surface area contributed by atoms with Crippen LogP contribution in [-0.4, -0.2) is 15.2 Å². The Balaban J connectivity index is 0.000000637. The van der Waals surface area contributed by atoms with Crippen LogP contribution in [-0.2, 0) is 0 Å². The van der Waals surface area contributed by atoms with Gasteiger partial charge >= 0.3 is 0 Å². The first kappa shape index (κ1) is 13.4. The lowest BCUT2D eigenvalue weighted by atomic mass is 10.0. The van der Waals surface area contributed by atoms with Crippen molar-refractivity contribution in [2.75, 3.05) is 11.1 Å². The number of aryl methyl sites for hydroxylation is 1. The minimum absolute atomic E-state index is 0.318. The van der Waals surface area contributed by atoms with Crippen LogP contribution >= 0.6 is 0 Å². The summed E-state index contributed by atoms with van der Waals surface area (Å²) in [5, 5.41) is 9.65. The van der Waals surface area contributed by atoms with Crippen molar-refractivity contribution in [3.63, 3.8) is 0 Å². The minimum Gasteiger partial charge on any atom is -0.368 e. The van der Waals surface area contributed by atoms with Crippen molar-refractivity contribution in [3.05, 3.63) is 29.3 Å². The van der Waals surface area contributed by atoms with Gasteiger partial charge in [-0.15, -0.1) is 5.10 Å². The molecule has 0 atom stereocenters. The van der Waals surface area contributed by atoms with E-state index >= 15 is 0 Å². The van der Waals surface area contributed by atoms with Gasteiger partial charge in [0.2, 0.25) is 11.9 Å². The SMILES string of the molecule is CC.Cc1cc(Nc2n[nH]c(N)n2)ccc1C1CC1. The highest BCUT2D eigenvalue weighted by Gasteiger charge is 2.24. The molecule has 5 nitrogen and oxygen atoms in total. The van der Waals surface area contributed by atoms with Gasteiger partial charge in [-0.05, 0) is 48.9 Å². The van der Waals surface area contributed by atoms with E-state index in [2.05, 4.69) is 45.6 Å². The number of aromatic amines is 1. The Morgan fingerprint density at radius 3 is 2.58 bits per heavy atom. The molecule has 0 amide bonds. The summed E-state index contributed by atoms with van der Waals surface area (Å²) in [4.78, 5) is 4.01. The smallest absolute Gasteiger partial charge is 0.248 e. The van der Waals surface area contributed by atoms with E-state index in [1.807, 2.05) is 13.8 Å². The molecule has 1 aromatic carbocycles. The second-order valence-electron chi connectivity index (χ2n) is 4.51. The number of hydrogen-bond donors (Lipinski definition) is 3. The van der Waals surface area contributed by atoms with Crippen LogP contribution in [0.2, 0.25) is 0 Å². The van der Waals surface area contributed by atoms with Crippen LogP contribution in [0.15, 0.2) is 18.2 Å². The van der Waals surface area contributed by atoms with E-state index in [9.17, 15) is 0 Å². The van der Waals surface area contributed by atoms with Gasteiger partial charge in [-0.25, -0.2) is 5.10 Å². The van der Waals surface area contributed by atoms with Crippen molar-refractivity contribution in [2.24, 2.45) is 0 Å². The number of benzene rings is 1. The summed E-state index contributed by atoms with van der Waals surface area (Å²) in [6, 6.07) is 6.37. The minimum atomic E-state index is 0.318. The van der Waals surface area contributed by atoms with Crippen LogP contribution in [0.1, 0.15) is 43.7 Å². The van der Waals surface area contributed by atoms with Gasteiger partial charge in [-0.3, -0.25) is 0 Å².